The molecule has 0 saturated carbocycles. The summed E-state index contributed by atoms with van der Waals surface area (Å²) in [6, 6.07) is 2.95. The molecule has 1 fully saturated rings. The first-order chi connectivity index (χ1) is 17.4. The first-order valence-corrected chi connectivity index (χ1v) is 13.3. The van der Waals surface area contributed by atoms with Crippen molar-refractivity contribution in [2.24, 2.45) is 0 Å². The van der Waals surface area contributed by atoms with Gasteiger partial charge < -0.3 is 10.6 Å². The van der Waals surface area contributed by atoms with Crippen LogP contribution in [0.25, 0.3) is 5.83 Å². The van der Waals surface area contributed by atoms with Crippen LogP contribution in [0.2, 0.25) is 15.1 Å². The molecule has 5 nitrogen and oxygen atoms in total. The van der Waals surface area contributed by atoms with Gasteiger partial charge in [0.05, 0.1) is 31.9 Å². The quantitative estimate of drug-likeness (QED) is 0.298. The van der Waals surface area contributed by atoms with Gasteiger partial charge in [0, 0.05) is 18.7 Å². The van der Waals surface area contributed by atoms with Crippen molar-refractivity contribution in [1.82, 2.24) is 10.6 Å². The van der Waals surface area contributed by atoms with Crippen LogP contribution in [0.5, 0.6) is 0 Å². The van der Waals surface area contributed by atoms with Gasteiger partial charge in [-0.05, 0) is 35.9 Å². The fraction of sp³-hybridized carbons (Fsp3) is 0.318. The highest BCUT2D eigenvalue weighted by atomic mass is 35.5. The van der Waals surface area contributed by atoms with Crippen molar-refractivity contribution in [2.45, 2.75) is 23.6 Å². The molecule has 208 valence electrons. The normalized spacial score (nSPS) is 19.2. The van der Waals surface area contributed by atoms with Gasteiger partial charge in [0.15, 0.2) is 9.84 Å². The molecule has 38 heavy (non-hydrogen) atoms. The molecule has 2 atom stereocenters. The Morgan fingerprint density at radius 3 is 2.18 bits per heavy atom. The molecule has 16 heteroatoms. The second-order valence-corrected chi connectivity index (χ2v) is 11.6. The lowest BCUT2D eigenvalue weighted by Crippen LogP contribution is -2.53. The maximum atomic E-state index is 15.0. The molecule has 1 aliphatic heterocycles. The predicted molar refractivity (Wildman–Crippen MR) is 129 cm³/mol. The summed E-state index contributed by atoms with van der Waals surface area (Å²) in [6.07, 6.45) is -10.3. The average Bonchev–Trinajstić information content (AvgIpc) is 2.80. The van der Waals surface area contributed by atoms with E-state index in [2.05, 4.69) is 5.32 Å². The first-order valence-electron chi connectivity index (χ1n) is 10.4. The minimum absolute atomic E-state index is 0.0331. The van der Waals surface area contributed by atoms with Gasteiger partial charge in [0.25, 0.3) is 5.91 Å². The lowest BCUT2D eigenvalue weighted by molar-refractivity contribution is -0.140. The number of benzene rings is 2. The van der Waals surface area contributed by atoms with E-state index in [0.29, 0.717) is 12.1 Å². The van der Waals surface area contributed by atoms with Crippen LogP contribution in [0.15, 0.2) is 36.4 Å². The van der Waals surface area contributed by atoms with E-state index in [1.54, 1.807) is 0 Å². The summed E-state index contributed by atoms with van der Waals surface area (Å²) < 4.78 is 122. The molecular formula is C22H16Cl3F7N2O3S. The SMILES string of the molecule is O=C(NC1CNCCS1(=O)=O)c1ccc(C(F)=CC(c2cc(Cl)c(Cl)c(Cl)c2)C(F)(F)F)cc1C(F)(F)F. The molecule has 0 aliphatic carbocycles. The molecule has 1 aliphatic rings. The lowest BCUT2D eigenvalue weighted by atomic mass is 9.95. The molecule has 0 aromatic heterocycles. The number of sulfone groups is 1. The number of hydrogen-bond acceptors (Lipinski definition) is 4. The Labute approximate surface area is 226 Å². The number of carbonyl (C=O) groups is 1. The first kappa shape index (κ1) is 30.5. The summed E-state index contributed by atoms with van der Waals surface area (Å²) in [5.41, 5.74) is -4.26. The second kappa shape index (κ2) is 11.2. The highest BCUT2D eigenvalue weighted by molar-refractivity contribution is 7.92. The molecule has 2 aromatic carbocycles. The molecule has 1 heterocycles. The Balaban J connectivity index is 2.03. The average molecular weight is 628 g/mol. The van der Waals surface area contributed by atoms with Gasteiger partial charge in [-0.15, -0.1) is 0 Å². The summed E-state index contributed by atoms with van der Waals surface area (Å²) in [4.78, 5) is 12.5. The second-order valence-electron chi connectivity index (χ2n) is 8.12. The highest BCUT2D eigenvalue weighted by Gasteiger charge is 2.41. The van der Waals surface area contributed by atoms with Crippen LogP contribution in [0.3, 0.4) is 0 Å². The Bertz CT molecular complexity index is 1360. The molecule has 1 saturated heterocycles. The van der Waals surface area contributed by atoms with E-state index in [1.165, 1.54) is 0 Å². The van der Waals surface area contributed by atoms with Crippen molar-refractivity contribution in [2.75, 3.05) is 18.8 Å². The van der Waals surface area contributed by atoms with Crippen molar-refractivity contribution in [3.63, 3.8) is 0 Å². The van der Waals surface area contributed by atoms with E-state index in [9.17, 15) is 43.9 Å². The minimum atomic E-state index is -5.24. The van der Waals surface area contributed by atoms with Gasteiger partial charge in [0.1, 0.15) is 17.1 Å². The number of carbonyl (C=O) groups excluding carboxylic acids is 1. The zero-order valence-electron chi connectivity index (χ0n) is 18.7. The molecule has 2 N–H and O–H groups in total. The van der Waals surface area contributed by atoms with Crippen molar-refractivity contribution >= 4 is 56.4 Å². The van der Waals surface area contributed by atoms with E-state index in [-0.39, 0.29) is 46.1 Å². The van der Waals surface area contributed by atoms with Gasteiger partial charge in [0.2, 0.25) is 0 Å². The fourth-order valence-corrected chi connectivity index (χ4v) is 5.57. The maximum absolute atomic E-state index is 15.0. The third-order valence-corrected chi connectivity index (χ3v) is 8.62. The Morgan fingerprint density at radius 2 is 1.66 bits per heavy atom. The van der Waals surface area contributed by atoms with E-state index in [4.69, 9.17) is 34.8 Å². The summed E-state index contributed by atoms with van der Waals surface area (Å²) >= 11 is 17.3. The Kier molecular flexibility index (Phi) is 8.99. The third kappa shape index (κ3) is 6.92. The van der Waals surface area contributed by atoms with E-state index >= 15 is 0 Å². The van der Waals surface area contributed by atoms with Crippen LogP contribution in [0, 0.1) is 0 Å². The third-order valence-electron chi connectivity index (χ3n) is 5.49. The predicted octanol–water partition coefficient (Wildman–Crippen LogP) is 6.40. The smallest absolute Gasteiger partial charge is 0.334 e. The van der Waals surface area contributed by atoms with Gasteiger partial charge >= 0.3 is 12.4 Å². The summed E-state index contributed by atoms with van der Waals surface area (Å²) in [5, 5.41) is 2.20. The molecule has 2 unspecified atom stereocenters. The monoisotopic (exact) mass is 626 g/mol. The number of allylic oxidation sites excluding steroid dienone is 1. The van der Waals surface area contributed by atoms with E-state index < -0.39 is 67.5 Å². The lowest BCUT2D eigenvalue weighted by Gasteiger charge is -2.25. The maximum Gasteiger partial charge on any atom is 0.417 e. The molecule has 2 aromatic rings. The zero-order valence-corrected chi connectivity index (χ0v) is 21.7. The van der Waals surface area contributed by atoms with Gasteiger partial charge in [-0.3, -0.25) is 4.79 Å². The van der Waals surface area contributed by atoms with Crippen LogP contribution in [-0.4, -0.2) is 44.7 Å². The highest BCUT2D eigenvalue weighted by Crippen LogP contribution is 2.42. The van der Waals surface area contributed by atoms with Crippen molar-refractivity contribution in [3.05, 3.63) is 73.7 Å². The number of hydrogen-bond donors (Lipinski definition) is 2. The molecular weight excluding hydrogens is 612 g/mol. The minimum Gasteiger partial charge on any atom is -0.334 e. The Hall–Kier alpha value is -2.06. The molecule has 1 amide bonds. The Morgan fingerprint density at radius 1 is 1.05 bits per heavy atom. The van der Waals surface area contributed by atoms with Crippen LogP contribution in [0.1, 0.15) is 33.0 Å². The number of halogens is 10. The van der Waals surface area contributed by atoms with Crippen molar-refractivity contribution in [3.8, 4) is 0 Å². The van der Waals surface area contributed by atoms with Crippen molar-refractivity contribution < 1.29 is 43.9 Å². The van der Waals surface area contributed by atoms with Gasteiger partial charge in [-0.2, -0.15) is 26.3 Å². The van der Waals surface area contributed by atoms with Crippen LogP contribution < -0.4 is 10.6 Å². The van der Waals surface area contributed by atoms with Crippen LogP contribution >= 0.6 is 34.8 Å². The topological polar surface area (TPSA) is 75.3 Å². The van der Waals surface area contributed by atoms with Gasteiger partial charge in [-0.25, -0.2) is 12.8 Å². The molecule has 0 bridgehead atoms. The van der Waals surface area contributed by atoms with E-state index in [0.717, 1.165) is 12.1 Å². The molecule has 0 radical (unpaired) electrons. The fourth-order valence-electron chi connectivity index (χ4n) is 3.58. The molecule has 3 rings (SSSR count). The molecule has 0 spiro atoms. The van der Waals surface area contributed by atoms with Gasteiger partial charge in [-0.1, -0.05) is 40.9 Å². The largest absolute Gasteiger partial charge is 0.417 e. The zero-order chi connectivity index (χ0) is 28.6. The number of amides is 1. The number of nitrogens with one attached hydrogen (secondary N) is 2. The number of rotatable bonds is 5. The summed E-state index contributed by atoms with van der Waals surface area (Å²) in [7, 11) is -3.84. The summed E-state index contributed by atoms with van der Waals surface area (Å²) in [5.74, 6) is -6.13. The standard InChI is InChI=1S/C22H16Cl3F7N2O3S/c23-15-6-11(7-16(24)19(15)25)13(21(27,28)29)8-17(26)10-1-2-12(14(5-10)22(30,31)32)20(35)34-18-9-33-3-4-38(18,36)37/h1-2,5-8,13,18,33H,3-4,9H2,(H,34,35). The van der Waals surface area contributed by atoms with Crippen molar-refractivity contribution in [1.29, 1.82) is 0 Å². The number of alkyl halides is 6. The van der Waals surface area contributed by atoms with Crippen LogP contribution in [0.4, 0.5) is 30.7 Å². The van der Waals surface area contributed by atoms with Crippen LogP contribution in [-0.2, 0) is 16.0 Å². The summed E-state index contributed by atoms with van der Waals surface area (Å²) in [6.45, 7) is -0.154. The van der Waals surface area contributed by atoms with E-state index in [1.807, 2.05) is 5.32 Å².